The number of aryl methyl sites for hydroxylation is 1. The summed E-state index contributed by atoms with van der Waals surface area (Å²) in [5.41, 5.74) is 2.71. The van der Waals surface area contributed by atoms with Crippen LogP contribution in [0.2, 0.25) is 0 Å². The number of ether oxygens (including phenoxy) is 2. The molecule has 0 aromatic heterocycles. The average Bonchev–Trinajstić information content (AvgIpc) is 2.46. The molecule has 2 unspecified atom stereocenters. The van der Waals surface area contributed by atoms with E-state index in [0.717, 1.165) is 19.6 Å². The number of nitrogens with one attached hydrogen (secondary N) is 1. The second-order valence-electron chi connectivity index (χ2n) is 4.79. The topological polar surface area (TPSA) is 30.5 Å². The molecule has 0 amide bonds. The first-order valence-electron chi connectivity index (χ1n) is 6.81. The molecule has 3 heteroatoms. The van der Waals surface area contributed by atoms with Crippen LogP contribution < -0.4 is 5.32 Å². The van der Waals surface area contributed by atoms with Crippen LogP contribution in [0.25, 0.3) is 0 Å². The molecule has 1 N–H and O–H groups in total. The highest BCUT2D eigenvalue weighted by Gasteiger charge is 2.15. The Morgan fingerprint density at radius 3 is 2.67 bits per heavy atom. The second kappa shape index (κ2) is 6.88. The quantitative estimate of drug-likeness (QED) is 0.868. The van der Waals surface area contributed by atoms with Crippen molar-refractivity contribution in [2.45, 2.75) is 32.4 Å². The van der Waals surface area contributed by atoms with E-state index in [-0.39, 0.29) is 6.10 Å². The molecule has 1 aromatic rings. The van der Waals surface area contributed by atoms with Crippen LogP contribution in [-0.2, 0) is 15.9 Å². The molecule has 0 saturated carbocycles. The van der Waals surface area contributed by atoms with Crippen LogP contribution in [0.1, 0.15) is 31.0 Å². The van der Waals surface area contributed by atoms with Crippen molar-refractivity contribution < 1.29 is 9.47 Å². The molecule has 1 saturated heterocycles. The minimum Gasteiger partial charge on any atom is -0.376 e. The highest BCUT2D eigenvalue weighted by atomic mass is 16.6. The van der Waals surface area contributed by atoms with Gasteiger partial charge in [-0.1, -0.05) is 31.2 Å². The SMILES string of the molecule is CCc1ccc(C(C)NCC2COCCO2)cc1. The summed E-state index contributed by atoms with van der Waals surface area (Å²) in [6, 6.07) is 9.16. The third-order valence-corrected chi connectivity index (χ3v) is 3.42. The maximum atomic E-state index is 5.61. The van der Waals surface area contributed by atoms with E-state index in [1.54, 1.807) is 0 Å². The second-order valence-corrected chi connectivity index (χ2v) is 4.79. The lowest BCUT2D eigenvalue weighted by molar-refractivity contribution is -0.0869. The maximum Gasteiger partial charge on any atom is 0.0933 e. The molecule has 1 heterocycles. The van der Waals surface area contributed by atoms with Gasteiger partial charge in [-0.25, -0.2) is 0 Å². The van der Waals surface area contributed by atoms with Gasteiger partial charge in [0, 0.05) is 12.6 Å². The zero-order valence-electron chi connectivity index (χ0n) is 11.3. The Morgan fingerprint density at radius 2 is 2.06 bits per heavy atom. The molecule has 18 heavy (non-hydrogen) atoms. The third-order valence-electron chi connectivity index (χ3n) is 3.42. The number of rotatable bonds is 5. The van der Waals surface area contributed by atoms with Crippen LogP contribution in [0.5, 0.6) is 0 Å². The van der Waals surface area contributed by atoms with Crippen LogP contribution in [0, 0.1) is 0 Å². The lowest BCUT2D eigenvalue weighted by Gasteiger charge is -2.25. The van der Waals surface area contributed by atoms with Gasteiger partial charge in [-0.05, 0) is 24.5 Å². The summed E-state index contributed by atoms with van der Waals surface area (Å²) in [6.07, 6.45) is 1.28. The monoisotopic (exact) mass is 249 g/mol. The minimum atomic E-state index is 0.191. The highest BCUT2D eigenvalue weighted by Crippen LogP contribution is 2.14. The van der Waals surface area contributed by atoms with Gasteiger partial charge in [0.15, 0.2) is 0 Å². The van der Waals surface area contributed by atoms with E-state index >= 15 is 0 Å². The number of hydrogen-bond acceptors (Lipinski definition) is 3. The van der Waals surface area contributed by atoms with E-state index in [2.05, 4.69) is 43.4 Å². The van der Waals surface area contributed by atoms with Gasteiger partial charge < -0.3 is 14.8 Å². The molecule has 3 nitrogen and oxygen atoms in total. The van der Waals surface area contributed by atoms with Crippen LogP contribution in [0.15, 0.2) is 24.3 Å². The normalized spacial score (nSPS) is 21.8. The van der Waals surface area contributed by atoms with E-state index < -0.39 is 0 Å². The van der Waals surface area contributed by atoms with Crippen LogP contribution in [-0.4, -0.2) is 32.5 Å². The molecule has 0 aliphatic carbocycles. The van der Waals surface area contributed by atoms with E-state index in [4.69, 9.17) is 9.47 Å². The summed E-state index contributed by atoms with van der Waals surface area (Å²) < 4.78 is 11.0. The van der Waals surface area contributed by atoms with Gasteiger partial charge in [-0.15, -0.1) is 0 Å². The van der Waals surface area contributed by atoms with Gasteiger partial charge >= 0.3 is 0 Å². The van der Waals surface area contributed by atoms with Gasteiger partial charge in [0.1, 0.15) is 0 Å². The molecular formula is C15H23NO2. The Bertz CT molecular complexity index is 344. The predicted octanol–water partition coefficient (Wildman–Crippen LogP) is 2.32. The van der Waals surface area contributed by atoms with Crippen molar-refractivity contribution in [3.63, 3.8) is 0 Å². The molecule has 1 aliphatic rings. The minimum absolute atomic E-state index is 0.191. The molecule has 0 radical (unpaired) electrons. The fourth-order valence-electron chi connectivity index (χ4n) is 2.12. The Balaban J connectivity index is 1.80. The Morgan fingerprint density at radius 1 is 1.28 bits per heavy atom. The number of benzene rings is 1. The average molecular weight is 249 g/mol. The Kier molecular flexibility index (Phi) is 5.17. The van der Waals surface area contributed by atoms with E-state index in [9.17, 15) is 0 Å². The summed E-state index contributed by atoms with van der Waals surface area (Å²) in [7, 11) is 0. The first-order chi connectivity index (χ1) is 8.79. The number of hydrogen-bond donors (Lipinski definition) is 1. The van der Waals surface area contributed by atoms with Gasteiger partial charge in [0.25, 0.3) is 0 Å². The van der Waals surface area contributed by atoms with Crippen molar-refractivity contribution in [1.29, 1.82) is 0 Å². The molecule has 1 aliphatic heterocycles. The van der Waals surface area contributed by atoms with Gasteiger partial charge in [-0.2, -0.15) is 0 Å². The molecule has 0 spiro atoms. The highest BCUT2D eigenvalue weighted by molar-refractivity contribution is 5.24. The fraction of sp³-hybridized carbons (Fsp3) is 0.600. The van der Waals surface area contributed by atoms with Crippen molar-refractivity contribution >= 4 is 0 Å². The molecule has 100 valence electrons. The Labute approximate surface area is 109 Å². The fourth-order valence-corrected chi connectivity index (χ4v) is 2.12. The third kappa shape index (κ3) is 3.80. The largest absolute Gasteiger partial charge is 0.376 e. The summed E-state index contributed by atoms with van der Waals surface area (Å²) in [5.74, 6) is 0. The molecule has 2 rings (SSSR count). The first kappa shape index (κ1) is 13.5. The summed E-state index contributed by atoms with van der Waals surface area (Å²) in [5, 5.41) is 3.50. The van der Waals surface area contributed by atoms with Gasteiger partial charge in [-0.3, -0.25) is 0 Å². The molecule has 1 fully saturated rings. The van der Waals surface area contributed by atoms with Crippen LogP contribution >= 0.6 is 0 Å². The van der Waals surface area contributed by atoms with Gasteiger partial charge in [0.2, 0.25) is 0 Å². The zero-order chi connectivity index (χ0) is 12.8. The van der Waals surface area contributed by atoms with Crippen molar-refractivity contribution in [2.75, 3.05) is 26.4 Å². The van der Waals surface area contributed by atoms with Crippen molar-refractivity contribution in [3.8, 4) is 0 Å². The standard InChI is InChI=1S/C15H23NO2/c1-3-13-4-6-14(7-5-13)12(2)16-10-15-11-17-8-9-18-15/h4-7,12,15-16H,3,8-11H2,1-2H3. The van der Waals surface area contributed by atoms with Crippen LogP contribution in [0.3, 0.4) is 0 Å². The lowest BCUT2D eigenvalue weighted by Crippen LogP contribution is -2.38. The van der Waals surface area contributed by atoms with Gasteiger partial charge in [0.05, 0.1) is 25.9 Å². The maximum absolute atomic E-state index is 5.61. The summed E-state index contributed by atoms with van der Waals surface area (Å²) >= 11 is 0. The molecule has 0 bridgehead atoms. The molecule has 2 atom stereocenters. The lowest BCUT2D eigenvalue weighted by atomic mass is 10.0. The summed E-state index contributed by atoms with van der Waals surface area (Å²) in [4.78, 5) is 0. The molecular weight excluding hydrogens is 226 g/mol. The van der Waals surface area contributed by atoms with Crippen molar-refractivity contribution in [1.82, 2.24) is 5.32 Å². The van der Waals surface area contributed by atoms with Crippen LogP contribution in [0.4, 0.5) is 0 Å². The zero-order valence-corrected chi connectivity index (χ0v) is 11.3. The molecule has 1 aromatic carbocycles. The van der Waals surface area contributed by atoms with E-state index in [1.807, 2.05) is 0 Å². The Hall–Kier alpha value is -0.900. The van der Waals surface area contributed by atoms with E-state index in [0.29, 0.717) is 19.3 Å². The first-order valence-corrected chi connectivity index (χ1v) is 6.81. The van der Waals surface area contributed by atoms with E-state index in [1.165, 1.54) is 11.1 Å². The smallest absolute Gasteiger partial charge is 0.0933 e. The summed E-state index contributed by atoms with van der Waals surface area (Å²) in [6.45, 7) is 7.35. The van der Waals surface area contributed by atoms with Crippen molar-refractivity contribution in [3.05, 3.63) is 35.4 Å². The predicted molar refractivity (Wildman–Crippen MR) is 72.8 cm³/mol. The van der Waals surface area contributed by atoms with Crippen molar-refractivity contribution in [2.24, 2.45) is 0 Å².